The fourth-order valence-electron chi connectivity index (χ4n) is 2.55. The van der Waals surface area contributed by atoms with Crippen LogP contribution in [0.2, 0.25) is 0 Å². The molecule has 0 unspecified atom stereocenters. The zero-order valence-corrected chi connectivity index (χ0v) is 12.3. The minimum Gasteiger partial charge on any atom is -0.267 e. The number of rotatable bonds is 2. The summed E-state index contributed by atoms with van der Waals surface area (Å²) in [5, 5.41) is 0. The van der Waals surface area contributed by atoms with E-state index in [1.54, 1.807) is 0 Å². The average molecular weight is 300 g/mol. The molecular formula is C17H16O3S. The maximum atomic E-state index is 12.3. The van der Waals surface area contributed by atoms with E-state index in [2.05, 4.69) is 0 Å². The molecule has 2 aromatic carbocycles. The molecule has 1 aliphatic rings. The molecule has 108 valence electrons. The van der Waals surface area contributed by atoms with Crippen molar-refractivity contribution in [2.45, 2.75) is 12.8 Å². The summed E-state index contributed by atoms with van der Waals surface area (Å²) in [6.07, 6.45) is 1.24. The standard InChI is InChI=1S/C17H16O3S/c18-21(19)16(12-7-13-20-21)17(14-8-3-1-4-9-14)15-10-5-2-6-11-15/h1-6,8-11H,7,12-13H2. The largest absolute Gasteiger partial charge is 0.293 e. The first-order chi connectivity index (χ1) is 10.2. The van der Waals surface area contributed by atoms with E-state index in [9.17, 15) is 8.42 Å². The van der Waals surface area contributed by atoms with Gasteiger partial charge < -0.3 is 0 Å². The van der Waals surface area contributed by atoms with Crippen LogP contribution in [0.3, 0.4) is 0 Å². The average Bonchev–Trinajstić information content (AvgIpc) is 2.51. The summed E-state index contributed by atoms with van der Waals surface area (Å²) in [6, 6.07) is 19.2. The third-order valence-corrected chi connectivity index (χ3v) is 4.98. The van der Waals surface area contributed by atoms with Gasteiger partial charge in [-0.1, -0.05) is 60.7 Å². The zero-order valence-electron chi connectivity index (χ0n) is 11.5. The molecule has 0 amide bonds. The summed E-state index contributed by atoms with van der Waals surface area (Å²) in [7, 11) is -3.64. The number of allylic oxidation sites excluding steroid dienone is 1. The Morgan fingerprint density at radius 3 is 1.86 bits per heavy atom. The van der Waals surface area contributed by atoms with Crippen LogP contribution in [0.15, 0.2) is 65.6 Å². The highest BCUT2D eigenvalue weighted by Gasteiger charge is 2.28. The molecule has 0 N–H and O–H groups in total. The first-order valence-corrected chi connectivity index (χ1v) is 8.33. The normalized spacial score (nSPS) is 17.4. The monoisotopic (exact) mass is 300 g/mol. The number of benzene rings is 2. The second-order valence-corrected chi connectivity index (χ2v) is 6.55. The van der Waals surface area contributed by atoms with Crippen molar-refractivity contribution in [3.63, 3.8) is 0 Å². The summed E-state index contributed by atoms with van der Waals surface area (Å²) in [6.45, 7) is 0.267. The Morgan fingerprint density at radius 2 is 1.38 bits per heavy atom. The molecule has 0 aromatic heterocycles. The van der Waals surface area contributed by atoms with Crippen LogP contribution in [0.4, 0.5) is 0 Å². The first-order valence-electron chi connectivity index (χ1n) is 6.92. The Labute approximate surface area is 125 Å². The molecule has 2 aromatic rings. The lowest BCUT2D eigenvalue weighted by molar-refractivity contribution is 0.302. The van der Waals surface area contributed by atoms with E-state index in [4.69, 9.17) is 4.18 Å². The lowest BCUT2D eigenvalue weighted by Gasteiger charge is -2.20. The van der Waals surface area contributed by atoms with Crippen molar-refractivity contribution in [2.75, 3.05) is 6.61 Å². The van der Waals surface area contributed by atoms with E-state index in [0.717, 1.165) is 23.1 Å². The molecule has 1 aliphatic heterocycles. The van der Waals surface area contributed by atoms with E-state index in [1.807, 2.05) is 60.7 Å². The second kappa shape index (κ2) is 5.84. The van der Waals surface area contributed by atoms with Gasteiger partial charge in [0.15, 0.2) is 0 Å². The van der Waals surface area contributed by atoms with E-state index in [0.29, 0.717) is 11.3 Å². The molecule has 1 heterocycles. The van der Waals surface area contributed by atoms with Gasteiger partial charge in [-0.05, 0) is 24.0 Å². The van der Waals surface area contributed by atoms with Crippen molar-refractivity contribution in [1.82, 2.24) is 0 Å². The molecule has 0 saturated carbocycles. The minimum absolute atomic E-state index is 0.267. The molecule has 3 nitrogen and oxygen atoms in total. The van der Waals surface area contributed by atoms with E-state index < -0.39 is 10.1 Å². The van der Waals surface area contributed by atoms with Crippen LogP contribution in [-0.4, -0.2) is 15.0 Å². The van der Waals surface area contributed by atoms with Gasteiger partial charge in [0, 0.05) is 5.57 Å². The molecule has 0 radical (unpaired) electrons. The Balaban J connectivity index is 2.27. The lowest BCUT2D eigenvalue weighted by Crippen LogP contribution is -2.17. The topological polar surface area (TPSA) is 43.4 Å². The van der Waals surface area contributed by atoms with Crippen LogP contribution >= 0.6 is 0 Å². The van der Waals surface area contributed by atoms with Gasteiger partial charge in [-0.15, -0.1) is 0 Å². The maximum Gasteiger partial charge on any atom is 0.293 e. The Kier molecular flexibility index (Phi) is 3.90. The predicted octanol–water partition coefficient (Wildman–Crippen LogP) is 3.59. The van der Waals surface area contributed by atoms with Gasteiger partial charge in [0.05, 0.1) is 11.5 Å². The van der Waals surface area contributed by atoms with Crippen LogP contribution in [0.25, 0.3) is 5.57 Å². The van der Waals surface area contributed by atoms with E-state index in [-0.39, 0.29) is 6.61 Å². The Morgan fingerprint density at radius 1 is 0.857 bits per heavy atom. The highest BCUT2D eigenvalue weighted by atomic mass is 32.2. The SMILES string of the molecule is O=S1(=O)OCCCC1=C(c1ccccc1)c1ccccc1. The molecule has 0 atom stereocenters. The minimum atomic E-state index is -3.64. The summed E-state index contributed by atoms with van der Waals surface area (Å²) in [4.78, 5) is 0.381. The van der Waals surface area contributed by atoms with Crippen molar-refractivity contribution in [3.8, 4) is 0 Å². The van der Waals surface area contributed by atoms with Gasteiger partial charge in [-0.2, -0.15) is 8.42 Å². The summed E-state index contributed by atoms with van der Waals surface area (Å²) >= 11 is 0. The highest BCUT2D eigenvalue weighted by Crippen LogP contribution is 2.34. The zero-order chi connectivity index (χ0) is 14.7. The van der Waals surface area contributed by atoms with Gasteiger partial charge in [0.1, 0.15) is 0 Å². The van der Waals surface area contributed by atoms with Crippen molar-refractivity contribution in [3.05, 3.63) is 76.7 Å². The summed E-state index contributed by atoms with van der Waals surface area (Å²) < 4.78 is 29.6. The molecule has 0 bridgehead atoms. The third-order valence-electron chi connectivity index (χ3n) is 3.49. The predicted molar refractivity (Wildman–Crippen MR) is 83.0 cm³/mol. The summed E-state index contributed by atoms with van der Waals surface area (Å²) in [5.41, 5.74) is 2.54. The molecule has 0 aliphatic carbocycles. The van der Waals surface area contributed by atoms with Crippen LogP contribution in [-0.2, 0) is 14.3 Å². The number of hydrogen-bond donors (Lipinski definition) is 0. The fourth-order valence-corrected chi connectivity index (χ4v) is 3.91. The maximum absolute atomic E-state index is 12.3. The molecule has 0 spiro atoms. The highest BCUT2D eigenvalue weighted by molar-refractivity contribution is 7.91. The number of hydrogen-bond acceptors (Lipinski definition) is 3. The Bertz CT molecular complexity index is 706. The molecule has 1 fully saturated rings. The fraction of sp³-hybridized carbons (Fsp3) is 0.176. The first kappa shape index (κ1) is 14.0. The van der Waals surface area contributed by atoms with Crippen LogP contribution in [0.5, 0.6) is 0 Å². The van der Waals surface area contributed by atoms with E-state index >= 15 is 0 Å². The lowest BCUT2D eigenvalue weighted by atomic mass is 9.96. The molecular weight excluding hydrogens is 284 g/mol. The molecule has 1 saturated heterocycles. The molecule has 21 heavy (non-hydrogen) atoms. The second-order valence-electron chi connectivity index (χ2n) is 4.91. The van der Waals surface area contributed by atoms with Gasteiger partial charge in [-0.25, -0.2) is 0 Å². The van der Waals surface area contributed by atoms with Crippen LogP contribution < -0.4 is 0 Å². The van der Waals surface area contributed by atoms with Crippen LogP contribution in [0.1, 0.15) is 24.0 Å². The summed E-state index contributed by atoms with van der Waals surface area (Å²) in [5.74, 6) is 0. The van der Waals surface area contributed by atoms with Crippen LogP contribution in [0, 0.1) is 0 Å². The molecule has 3 rings (SSSR count). The smallest absolute Gasteiger partial charge is 0.267 e. The quantitative estimate of drug-likeness (QED) is 0.796. The van der Waals surface area contributed by atoms with Crippen molar-refractivity contribution < 1.29 is 12.6 Å². The van der Waals surface area contributed by atoms with Gasteiger partial charge in [0.2, 0.25) is 0 Å². The third kappa shape index (κ3) is 2.91. The van der Waals surface area contributed by atoms with Gasteiger partial charge in [0.25, 0.3) is 10.1 Å². The van der Waals surface area contributed by atoms with Crippen molar-refractivity contribution in [2.24, 2.45) is 0 Å². The van der Waals surface area contributed by atoms with Crippen molar-refractivity contribution >= 4 is 15.7 Å². The van der Waals surface area contributed by atoms with E-state index in [1.165, 1.54) is 0 Å². The van der Waals surface area contributed by atoms with Gasteiger partial charge in [-0.3, -0.25) is 4.18 Å². The molecule has 4 heteroatoms. The van der Waals surface area contributed by atoms with Gasteiger partial charge >= 0.3 is 0 Å². The van der Waals surface area contributed by atoms with Crippen molar-refractivity contribution in [1.29, 1.82) is 0 Å². The Hall–Kier alpha value is -1.91.